The molecule has 0 heterocycles. The largest absolute Gasteiger partial charge is 0.222 e. The van der Waals surface area contributed by atoms with Crippen LogP contribution in [0.25, 0.3) is 0 Å². The van der Waals surface area contributed by atoms with E-state index < -0.39 is 14.6 Å². The van der Waals surface area contributed by atoms with Crippen LogP contribution in [0.3, 0.4) is 0 Å². The third-order valence-electron chi connectivity index (χ3n) is 3.06. The fourth-order valence-corrected chi connectivity index (χ4v) is 3.78. The van der Waals surface area contributed by atoms with Gasteiger partial charge < -0.3 is 0 Å². The van der Waals surface area contributed by atoms with E-state index in [0.717, 1.165) is 5.56 Å². The van der Waals surface area contributed by atoms with E-state index in [1.807, 2.05) is 19.1 Å². The molecule has 1 aliphatic carbocycles. The molecule has 16 heavy (non-hydrogen) atoms. The molecule has 0 atom stereocenters. The smallest absolute Gasteiger partial charge is 0.197 e. The molecular weight excluding hydrogens is 222 g/mol. The summed E-state index contributed by atoms with van der Waals surface area (Å²) in [5.74, 6) is 0. The van der Waals surface area contributed by atoms with Crippen molar-refractivity contribution in [3.05, 3.63) is 29.3 Å². The van der Waals surface area contributed by atoms with Gasteiger partial charge in [-0.3, -0.25) is 0 Å². The molecule has 0 amide bonds. The zero-order valence-corrected chi connectivity index (χ0v) is 10.1. The topological polar surface area (TPSA) is 57.9 Å². The summed E-state index contributed by atoms with van der Waals surface area (Å²) in [6.07, 6.45) is 0.915. The minimum atomic E-state index is -3.49. The number of hydrogen-bond acceptors (Lipinski definition) is 3. The zero-order chi connectivity index (χ0) is 12.0. The molecule has 0 aromatic heterocycles. The van der Waals surface area contributed by atoms with E-state index in [1.165, 1.54) is 0 Å². The molecule has 1 aromatic rings. The van der Waals surface area contributed by atoms with Gasteiger partial charge in [0.2, 0.25) is 0 Å². The molecule has 1 aliphatic rings. The summed E-state index contributed by atoms with van der Waals surface area (Å²) in [6.45, 7) is 3.62. The number of nitriles is 1. The average molecular weight is 235 g/mol. The molecule has 0 unspecified atom stereocenters. The van der Waals surface area contributed by atoms with Crippen molar-refractivity contribution in [1.29, 1.82) is 5.26 Å². The SMILES string of the molecule is Cc1ccc(C)c(S(=O)(=O)C2(C#N)CC2)c1. The summed E-state index contributed by atoms with van der Waals surface area (Å²) >= 11 is 0. The fraction of sp³-hybridized carbons (Fsp3) is 0.417. The second-order valence-corrected chi connectivity index (χ2v) is 6.61. The number of nitrogens with zero attached hydrogens (tertiary/aromatic N) is 1. The van der Waals surface area contributed by atoms with Crippen molar-refractivity contribution in [2.24, 2.45) is 0 Å². The van der Waals surface area contributed by atoms with E-state index in [2.05, 4.69) is 0 Å². The first-order valence-electron chi connectivity index (χ1n) is 5.16. The Morgan fingerprint density at radius 1 is 1.31 bits per heavy atom. The van der Waals surface area contributed by atoms with E-state index in [9.17, 15) is 8.42 Å². The summed E-state index contributed by atoms with van der Waals surface area (Å²) < 4.78 is 23.4. The quantitative estimate of drug-likeness (QED) is 0.789. The highest BCUT2D eigenvalue weighted by molar-refractivity contribution is 7.93. The Kier molecular flexibility index (Phi) is 2.32. The highest BCUT2D eigenvalue weighted by Crippen LogP contribution is 2.46. The van der Waals surface area contributed by atoms with Gasteiger partial charge in [-0.15, -0.1) is 0 Å². The van der Waals surface area contributed by atoms with Crippen LogP contribution >= 0.6 is 0 Å². The molecule has 0 N–H and O–H groups in total. The van der Waals surface area contributed by atoms with Crippen molar-refractivity contribution in [2.45, 2.75) is 36.3 Å². The van der Waals surface area contributed by atoms with Crippen LogP contribution in [-0.2, 0) is 9.84 Å². The summed E-state index contributed by atoms with van der Waals surface area (Å²) in [5.41, 5.74) is 1.62. The van der Waals surface area contributed by atoms with Gasteiger partial charge in [-0.2, -0.15) is 5.26 Å². The normalized spacial score (nSPS) is 17.8. The lowest BCUT2D eigenvalue weighted by atomic mass is 10.2. The predicted octanol–water partition coefficient (Wildman–Crippen LogP) is 2.13. The van der Waals surface area contributed by atoms with Gasteiger partial charge in [0, 0.05) is 0 Å². The number of benzene rings is 1. The van der Waals surface area contributed by atoms with Crippen LogP contribution in [0.2, 0.25) is 0 Å². The van der Waals surface area contributed by atoms with Crippen LogP contribution in [-0.4, -0.2) is 13.2 Å². The van der Waals surface area contributed by atoms with Crippen LogP contribution in [0.4, 0.5) is 0 Å². The highest BCUT2D eigenvalue weighted by atomic mass is 32.2. The van der Waals surface area contributed by atoms with Crippen LogP contribution in [0, 0.1) is 25.2 Å². The van der Waals surface area contributed by atoms with E-state index in [4.69, 9.17) is 5.26 Å². The summed E-state index contributed by atoms with van der Waals surface area (Å²) in [5, 5.41) is 8.98. The molecule has 84 valence electrons. The van der Waals surface area contributed by atoms with Crippen LogP contribution in [0.15, 0.2) is 23.1 Å². The lowest BCUT2D eigenvalue weighted by Gasteiger charge is -2.11. The van der Waals surface area contributed by atoms with Crippen LogP contribution in [0.1, 0.15) is 24.0 Å². The lowest BCUT2D eigenvalue weighted by Crippen LogP contribution is -2.22. The summed E-state index contributed by atoms with van der Waals surface area (Å²) in [6, 6.07) is 7.27. The van der Waals surface area contributed by atoms with Gasteiger partial charge in [0.15, 0.2) is 14.6 Å². The predicted molar refractivity (Wildman–Crippen MR) is 60.7 cm³/mol. The Labute approximate surface area is 95.6 Å². The van der Waals surface area contributed by atoms with Gasteiger partial charge in [0.05, 0.1) is 11.0 Å². The molecule has 1 aromatic carbocycles. The van der Waals surface area contributed by atoms with E-state index in [1.54, 1.807) is 19.1 Å². The first-order valence-corrected chi connectivity index (χ1v) is 6.64. The molecule has 0 aliphatic heterocycles. The Bertz CT molecular complexity index is 578. The molecule has 1 saturated carbocycles. The second kappa shape index (κ2) is 3.33. The lowest BCUT2D eigenvalue weighted by molar-refractivity contribution is 0.587. The molecule has 0 radical (unpaired) electrons. The Morgan fingerprint density at radius 3 is 2.44 bits per heavy atom. The monoisotopic (exact) mass is 235 g/mol. The molecule has 0 bridgehead atoms. The van der Waals surface area contributed by atoms with E-state index >= 15 is 0 Å². The van der Waals surface area contributed by atoms with Crippen molar-refractivity contribution in [3.8, 4) is 6.07 Å². The average Bonchev–Trinajstić information content (AvgIpc) is 3.02. The maximum atomic E-state index is 12.3. The molecule has 1 fully saturated rings. The second-order valence-electron chi connectivity index (χ2n) is 4.38. The minimum absolute atomic E-state index is 0.312. The van der Waals surface area contributed by atoms with Crippen molar-refractivity contribution in [1.82, 2.24) is 0 Å². The first kappa shape index (κ1) is 11.2. The number of rotatable bonds is 2. The van der Waals surface area contributed by atoms with Gasteiger partial charge in [-0.1, -0.05) is 12.1 Å². The van der Waals surface area contributed by atoms with Crippen molar-refractivity contribution in [3.63, 3.8) is 0 Å². The standard InChI is InChI=1S/C12H13NO2S/c1-9-3-4-10(2)11(7-9)16(14,15)12(8-13)5-6-12/h3-4,7H,5-6H2,1-2H3. The van der Waals surface area contributed by atoms with E-state index in [-0.39, 0.29) is 0 Å². The molecular formula is C12H13NO2S. The fourth-order valence-electron chi connectivity index (χ4n) is 1.76. The van der Waals surface area contributed by atoms with Gasteiger partial charge in [-0.25, -0.2) is 8.42 Å². The third kappa shape index (κ3) is 1.43. The molecule has 0 spiro atoms. The Hall–Kier alpha value is -1.34. The van der Waals surface area contributed by atoms with Crippen molar-refractivity contribution < 1.29 is 8.42 Å². The molecule has 3 nitrogen and oxygen atoms in total. The number of sulfone groups is 1. The minimum Gasteiger partial charge on any atom is -0.222 e. The maximum Gasteiger partial charge on any atom is 0.197 e. The van der Waals surface area contributed by atoms with Gasteiger partial charge in [-0.05, 0) is 43.9 Å². The number of hydrogen-bond donors (Lipinski definition) is 0. The maximum absolute atomic E-state index is 12.3. The van der Waals surface area contributed by atoms with Crippen LogP contribution < -0.4 is 0 Å². The third-order valence-corrected chi connectivity index (χ3v) is 5.60. The van der Waals surface area contributed by atoms with Crippen molar-refractivity contribution >= 4 is 9.84 Å². The van der Waals surface area contributed by atoms with Gasteiger partial charge >= 0.3 is 0 Å². The first-order chi connectivity index (χ1) is 7.43. The van der Waals surface area contributed by atoms with Gasteiger partial charge in [0.1, 0.15) is 0 Å². The zero-order valence-electron chi connectivity index (χ0n) is 9.32. The summed E-state index contributed by atoms with van der Waals surface area (Å²) in [4.78, 5) is 0.312. The molecule has 4 heteroatoms. The van der Waals surface area contributed by atoms with Gasteiger partial charge in [0.25, 0.3) is 0 Å². The van der Waals surface area contributed by atoms with E-state index in [0.29, 0.717) is 23.3 Å². The van der Waals surface area contributed by atoms with Crippen molar-refractivity contribution in [2.75, 3.05) is 0 Å². The Balaban J connectivity index is 2.62. The summed E-state index contributed by atoms with van der Waals surface area (Å²) in [7, 11) is -3.49. The molecule has 2 rings (SSSR count). The highest BCUT2D eigenvalue weighted by Gasteiger charge is 2.56. The number of aryl methyl sites for hydroxylation is 2. The molecule has 0 saturated heterocycles. The Morgan fingerprint density at radius 2 is 1.94 bits per heavy atom. The van der Waals surface area contributed by atoms with Crippen LogP contribution in [0.5, 0.6) is 0 Å².